The van der Waals surface area contributed by atoms with Crippen molar-refractivity contribution in [1.29, 1.82) is 0 Å². The number of rotatable bonds is 6. The van der Waals surface area contributed by atoms with Gasteiger partial charge in [-0.2, -0.15) is 4.98 Å². The Morgan fingerprint density at radius 2 is 2.40 bits per heavy atom. The molecule has 0 aromatic carbocycles. The molecule has 30 heavy (non-hydrogen) atoms. The van der Waals surface area contributed by atoms with Crippen LogP contribution in [-0.2, 0) is 30.1 Å². The van der Waals surface area contributed by atoms with E-state index >= 15 is 0 Å². The summed E-state index contributed by atoms with van der Waals surface area (Å²) in [6.45, 7) is 0.826. The summed E-state index contributed by atoms with van der Waals surface area (Å²) >= 11 is 5.33. The minimum absolute atomic E-state index is 0.0979. The first kappa shape index (κ1) is 21.2. The SMILES string of the molecule is C=CCOP1(=S)OC[C@H]2O[C@@H](n3cnc4c(=O)[nH]c(/N=C/N(C)C)nc43)C(O)C2O1. The normalized spacial score (nSPS) is 31.3. The van der Waals surface area contributed by atoms with E-state index in [0.29, 0.717) is 0 Å². The van der Waals surface area contributed by atoms with Crippen LogP contribution in [0.3, 0.4) is 0 Å². The van der Waals surface area contributed by atoms with Gasteiger partial charge in [0.15, 0.2) is 17.4 Å². The highest BCUT2D eigenvalue weighted by atomic mass is 32.5. The third kappa shape index (κ3) is 3.97. The Kier molecular flexibility index (Phi) is 5.86. The van der Waals surface area contributed by atoms with Gasteiger partial charge < -0.3 is 23.8 Å². The lowest BCUT2D eigenvalue weighted by Gasteiger charge is -2.33. The predicted molar refractivity (Wildman–Crippen MR) is 111 cm³/mol. The molecule has 0 aliphatic carbocycles. The number of nitrogens with zero attached hydrogens (tertiary/aromatic N) is 5. The number of H-pyrrole nitrogens is 1. The number of ether oxygens (including phenoxy) is 1. The molecule has 0 amide bonds. The average molecular weight is 456 g/mol. The van der Waals surface area contributed by atoms with E-state index in [0.717, 1.165) is 0 Å². The van der Waals surface area contributed by atoms with Crippen molar-refractivity contribution in [2.75, 3.05) is 27.3 Å². The summed E-state index contributed by atoms with van der Waals surface area (Å²) in [6, 6.07) is 0. The van der Waals surface area contributed by atoms with Crippen LogP contribution in [0, 0.1) is 0 Å². The Morgan fingerprint density at radius 3 is 3.13 bits per heavy atom. The summed E-state index contributed by atoms with van der Waals surface area (Å²) in [4.78, 5) is 29.2. The van der Waals surface area contributed by atoms with Crippen molar-refractivity contribution >= 4 is 42.0 Å². The molecule has 5 atom stereocenters. The van der Waals surface area contributed by atoms with E-state index in [4.69, 9.17) is 30.1 Å². The van der Waals surface area contributed by atoms with Crippen LogP contribution in [0.4, 0.5) is 5.95 Å². The molecule has 2 aliphatic heterocycles. The predicted octanol–water partition coefficient (Wildman–Crippen LogP) is 0.442. The van der Waals surface area contributed by atoms with E-state index in [9.17, 15) is 9.90 Å². The van der Waals surface area contributed by atoms with Gasteiger partial charge in [0.1, 0.15) is 18.3 Å². The monoisotopic (exact) mass is 456 g/mol. The van der Waals surface area contributed by atoms with Crippen LogP contribution in [0.5, 0.6) is 0 Å². The van der Waals surface area contributed by atoms with E-state index < -0.39 is 36.8 Å². The molecule has 2 aromatic heterocycles. The number of hydrogen-bond donors (Lipinski definition) is 2. The molecule has 2 N–H and O–H groups in total. The third-order valence-electron chi connectivity index (χ3n) is 4.41. The molecule has 2 saturated heterocycles. The van der Waals surface area contributed by atoms with Crippen LogP contribution < -0.4 is 5.56 Å². The van der Waals surface area contributed by atoms with Crippen molar-refractivity contribution in [3.05, 3.63) is 29.3 Å². The van der Waals surface area contributed by atoms with Crippen molar-refractivity contribution in [3.63, 3.8) is 0 Å². The first-order chi connectivity index (χ1) is 14.3. The Hall–Kier alpha value is -1.99. The highest BCUT2D eigenvalue weighted by molar-refractivity contribution is 8.07. The molecular formula is C16H21N6O6PS. The Balaban J connectivity index is 1.64. The molecule has 162 valence electrons. The number of hydrogen-bond acceptors (Lipinski definition) is 10. The molecular weight excluding hydrogens is 435 g/mol. The van der Waals surface area contributed by atoms with Crippen LogP contribution >= 0.6 is 6.72 Å². The van der Waals surface area contributed by atoms with Gasteiger partial charge in [-0.25, -0.2) is 9.98 Å². The number of nitrogens with one attached hydrogen (secondary N) is 1. The van der Waals surface area contributed by atoms with Crippen molar-refractivity contribution in [3.8, 4) is 0 Å². The zero-order chi connectivity index (χ0) is 21.5. The molecule has 12 nitrogen and oxygen atoms in total. The van der Waals surface area contributed by atoms with Gasteiger partial charge in [-0.1, -0.05) is 6.08 Å². The number of imidazole rings is 1. The van der Waals surface area contributed by atoms with Gasteiger partial charge >= 0.3 is 6.72 Å². The van der Waals surface area contributed by atoms with Gasteiger partial charge in [-0.3, -0.25) is 18.9 Å². The van der Waals surface area contributed by atoms with Gasteiger partial charge in [-0.05, 0) is 11.8 Å². The van der Waals surface area contributed by atoms with E-state index in [2.05, 4.69) is 26.5 Å². The highest BCUT2D eigenvalue weighted by Crippen LogP contribution is 2.57. The molecule has 14 heteroatoms. The zero-order valence-corrected chi connectivity index (χ0v) is 18.0. The lowest BCUT2D eigenvalue weighted by atomic mass is 10.1. The fraction of sp³-hybridized carbons (Fsp3) is 0.500. The lowest BCUT2D eigenvalue weighted by Crippen LogP contribution is -2.39. The molecule has 4 heterocycles. The van der Waals surface area contributed by atoms with Gasteiger partial charge in [0.25, 0.3) is 5.56 Å². The Bertz CT molecular complexity index is 1090. The first-order valence-corrected chi connectivity index (χ1v) is 11.6. The topological polar surface area (TPSA) is 136 Å². The molecule has 0 saturated carbocycles. The number of aliphatic hydroxyl groups excluding tert-OH is 1. The summed E-state index contributed by atoms with van der Waals surface area (Å²) in [5, 5.41) is 10.9. The maximum atomic E-state index is 12.3. The fourth-order valence-electron chi connectivity index (χ4n) is 3.10. The quantitative estimate of drug-likeness (QED) is 0.273. The lowest BCUT2D eigenvalue weighted by molar-refractivity contribution is -0.0613. The number of aromatic nitrogens is 4. The van der Waals surface area contributed by atoms with Crippen LogP contribution in [0.2, 0.25) is 0 Å². The van der Waals surface area contributed by atoms with E-state index in [1.807, 2.05) is 0 Å². The second-order valence-electron chi connectivity index (χ2n) is 6.87. The third-order valence-corrected chi connectivity index (χ3v) is 6.74. The van der Waals surface area contributed by atoms with Crippen LogP contribution in [-0.4, -0.2) is 81.5 Å². The van der Waals surface area contributed by atoms with Crippen molar-refractivity contribution < 1.29 is 23.4 Å². The summed E-state index contributed by atoms with van der Waals surface area (Å²) in [7, 11) is 3.58. The molecule has 0 spiro atoms. The molecule has 2 aromatic rings. The van der Waals surface area contributed by atoms with Crippen LogP contribution in [0.1, 0.15) is 6.23 Å². The van der Waals surface area contributed by atoms with Crippen LogP contribution in [0.15, 0.2) is 28.8 Å². The molecule has 2 fully saturated rings. The summed E-state index contributed by atoms with van der Waals surface area (Å²) in [5.74, 6) is 0.0979. The molecule has 4 rings (SSSR count). The minimum Gasteiger partial charge on any atom is -0.386 e. The minimum atomic E-state index is -3.02. The fourth-order valence-corrected chi connectivity index (χ4v) is 5.14. The molecule has 0 radical (unpaired) electrons. The van der Waals surface area contributed by atoms with Gasteiger partial charge in [-0.15, -0.1) is 6.58 Å². The molecule has 3 unspecified atom stereocenters. The summed E-state index contributed by atoms with van der Waals surface area (Å²) in [6.07, 6.45) is 1.07. The maximum Gasteiger partial charge on any atom is 0.328 e. The van der Waals surface area contributed by atoms with E-state index in [-0.39, 0.29) is 30.3 Å². The summed E-state index contributed by atoms with van der Waals surface area (Å²) < 4.78 is 24.2. The maximum absolute atomic E-state index is 12.3. The van der Waals surface area contributed by atoms with Crippen molar-refractivity contribution in [2.45, 2.75) is 24.5 Å². The summed E-state index contributed by atoms with van der Waals surface area (Å²) in [5.41, 5.74) is -0.140. The van der Waals surface area contributed by atoms with E-state index in [1.54, 1.807) is 19.0 Å². The smallest absolute Gasteiger partial charge is 0.328 e. The number of aliphatic imine (C=N–C) groups is 1. The van der Waals surface area contributed by atoms with Crippen LogP contribution in [0.25, 0.3) is 11.2 Å². The molecule has 2 aliphatic rings. The van der Waals surface area contributed by atoms with Gasteiger partial charge in [0.05, 0.1) is 25.9 Å². The largest absolute Gasteiger partial charge is 0.386 e. The Morgan fingerprint density at radius 1 is 1.60 bits per heavy atom. The Labute approximate surface area is 176 Å². The standard InChI is InChI=1S/C16H21N6O6PS/c1-4-5-25-29(30)26-6-9-12(28-29)11(23)15(27-9)22-8-17-10-13(22)19-16(20-14(10)24)18-7-21(2)3/h4,7-9,11-12,15,23H,1,5-6H2,2-3H3,(H,19,20,24)/b18-7+/t9-,11?,12?,15-,29?/m1/s1. The highest BCUT2D eigenvalue weighted by Gasteiger charge is 2.52. The second-order valence-corrected chi connectivity index (χ2v) is 9.84. The van der Waals surface area contributed by atoms with Gasteiger partial charge in [0.2, 0.25) is 5.95 Å². The molecule has 0 bridgehead atoms. The van der Waals surface area contributed by atoms with Gasteiger partial charge in [0, 0.05) is 14.1 Å². The van der Waals surface area contributed by atoms with Crippen molar-refractivity contribution in [1.82, 2.24) is 24.4 Å². The first-order valence-electron chi connectivity index (χ1n) is 9.01. The average Bonchev–Trinajstić information content (AvgIpc) is 3.26. The number of aliphatic hydroxyl groups is 1. The van der Waals surface area contributed by atoms with E-state index in [1.165, 1.54) is 23.3 Å². The van der Waals surface area contributed by atoms with Crippen molar-refractivity contribution in [2.24, 2.45) is 4.99 Å². The zero-order valence-electron chi connectivity index (χ0n) is 16.2. The number of fused-ring (bicyclic) bond motifs is 2. The second kappa shape index (κ2) is 8.27. The number of aromatic amines is 1.